The highest BCUT2D eigenvalue weighted by Crippen LogP contribution is 2.16. The highest BCUT2D eigenvalue weighted by molar-refractivity contribution is 7.89. The van der Waals surface area contributed by atoms with Gasteiger partial charge in [-0.1, -0.05) is 49.7 Å². The first-order valence-corrected chi connectivity index (χ1v) is 14.1. The molecule has 0 unspecified atom stereocenters. The van der Waals surface area contributed by atoms with Gasteiger partial charge in [-0.3, -0.25) is 9.69 Å². The fraction of sp³-hybridized carbons (Fsp3) is 0.542. The van der Waals surface area contributed by atoms with Gasteiger partial charge in [0.05, 0.1) is 32.1 Å². The second-order valence-electron chi connectivity index (χ2n) is 8.27. The highest BCUT2D eigenvalue weighted by atomic mass is 32.2. The molecule has 0 aliphatic carbocycles. The average Bonchev–Trinajstić information content (AvgIpc) is 3.34. The molecule has 2 heterocycles. The average molecular weight is 494 g/mol. The van der Waals surface area contributed by atoms with Crippen molar-refractivity contribution in [2.24, 2.45) is 0 Å². The monoisotopic (exact) mass is 493 g/mol. The lowest BCUT2D eigenvalue weighted by molar-refractivity contribution is -0.132. The van der Waals surface area contributed by atoms with E-state index in [9.17, 15) is 13.2 Å². The van der Waals surface area contributed by atoms with Crippen molar-refractivity contribution < 1.29 is 17.9 Å². The number of ether oxygens (including phenoxy) is 1. The molecule has 1 amide bonds. The third-order valence-corrected chi connectivity index (χ3v) is 8.49. The highest BCUT2D eigenvalue weighted by Gasteiger charge is 2.27. The molecule has 1 aromatic heterocycles. The molecule has 0 bridgehead atoms. The van der Waals surface area contributed by atoms with Crippen LogP contribution in [0.5, 0.6) is 0 Å². The molecule has 0 saturated carbocycles. The predicted octanol–water partition coefficient (Wildman–Crippen LogP) is 3.04. The Morgan fingerprint density at radius 1 is 1.09 bits per heavy atom. The number of amides is 1. The third kappa shape index (κ3) is 8.50. The first kappa shape index (κ1) is 25.8. The predicted molar refractivity (Wildman–Crippen MR) is 133 cm³/mol. The zero-order chi connectivity index (χ0) is 23.5. The summed E-state index contributed by atoms with van der Waals surface area (Å²) in [4.78, 5) is 18.5. The Bertz CT molecular complexity index is 930. The molecule has 33 heavy (non-hydrogen) atoms. The molecule has 3 rings (SSSR count). The summed E-state index contributed by atoms with van der Waals surface area (Å²) in [6.45, 7) is 6.57. The maximum Gasteiger partial charge on any atom is 0.238 e. The van der Waals surface area contributed by atoms with Crippen LogP contribution in [0.25, 0.3) is 0 Å². The quantitative estimate of drug-likeness (QED) is 0.429. The van der Waals surface area contributed by atoms with Crippen molar-refractivity contribution in [3.8, 4) is 0 Å². The van der Waals surface area contributed by atoms with E-state index in [0.29, 0.717) is 45.8 Å². The number of sulfonamides is 1. The number of carbonyl (C=O) groups is 1. The van der Waals surface area contributed by atoms with E-state index in [2.05, 4.69) is 4.90 Å². The number of rotatable bonds is 13. The van der Waals surface area contributed by atoms with Crippen LogP contribution >= 0.6 is 11.3 Å². The van der Waals surface area contributed by atoms with Crippen LogP contribution in [0.15, 0.2) is 47.8 Å². The molecule has 182 valence electrons. The first-order chi connectivity index (χ1) is 16.0. The zero-order valence-electron chi connectivity index (χ0n) is 19.4. The first-order valence-electron chi connectivity index (χ1n) is 11.6. The van der Waals surface area contributed by atoms with Crippen molar-refractivity contribution in [1.29, 1.82) is 0 Å². The van der Waals surface area contributed by atoms with E-state index in [1.54, 1.807) is 16.2 Å². The molecule has 0 spiro atoms. The van der Waals surface area contributed by atoms with Crippen molar-refractivity contribution in [2.75, 3.05) is 51.7 Å². The maximum absolute atomic E-state index is 13.4. The van der Waals surface area contributed by atoms with Gasteiger partial charge in [0, 0.05) is 37.6 Å². The van der Waals surface area contributed by atoms with Gasteiger partial charge in [0.1, 0.15) is 0 Å². The van der Waals surface area contributed by atoms with Gasteiger partial charge in [-0.15, -0.1) is 11.3 Å². The van der Waals surface area contributed by atoms with Crippen LogP contribution in [0.4, 0.5) is 0 Å². The molecule has 1 aromatic carbocycles. The van der Waals surface area contributed by atoms with Crippen molar-refractivity contribution >= 4 is 27.3 Å². The summed E-state index contributed by atoms with van der Waals surface area (Å²) in [5, 5.41) is 1.99. The molecule has 2 aromatic rings. The van der Waals surface area contributed by atoms with E-state index in [-0.39, 0.29) is 18.2 Å². The molecule has 0 radical (unpaired) electrons. The Kier molecular flexibility index (Phi) is 10.3. The number of benzene rings is 1. The molecule has 9 heteroatoms. The molecule has 1 aliphatic heterocycles. The summed E-state index contributed by atoms with van der Waals surface area (Å²) in [7, 11) is -3.52. The van der Waals surface area contributed by atoms with Crippen LogP contribution in [0.2, 0.25) is 0 Å². The van der Waals surface area contributed by atoms with Crippen LogP contribution < -0.4 is 0 Å². The molecule has 7 nitrogen and oxygen atoms in total. The van der Waals surface area contributed by atoms with Gasteiger partial charge in [0.2, 0.25) is 15.9 Å². The Morgan fingerprint density at radius 3 is 2.52 bits per heavy atom. The standard InChI is InChI=1S/C24H35N3O4S2/c1-2-3-18-33(29,30)27(12-11-25-13-15-31-16-14-25)21-24(28)26(20-23-10-7-17-32-23)19-22-8-5-4-6-9-22/h4-10,17H,2-3,11-16,18-21H2,1H3. The summed E-state index contributed by atoms with van der Waals surface area (Å²) < 4.78 is 33.0. The number of hydrogen-bond acceptors (Lipinski definition) is 6. The Labute approximate surface area is 202 Å². The molecule has 0 atom stereocenters. The zero-order valence-corrected chi connectivity index (χ0v) is 21.0. The van der Waals surface area contributed by atoms with Gasteiger partial charge in [-0.25, -0.2) is 8.42 Å². The number of hydrogen-bond donors (Lipinski definition) is 0. The lowest BCUT2D eigenvalue weighted by atomic mass is 10.2. The second kappa shape index (κ2) is 13.2. The van der Waals surface area contributed by atoms with Crippen molar-refractivity contribution in [1.82, 2.24) is 14.1 Å². The largest absolute Gasteiger partial charge is 0.379 e. The van der Waals surface area contributed by atoms with Gasteiger partial charge in [-0.2, -0.15) is 4.31 Å². The number of unbranched alkanes of at least 4 members (excludes halogenated alkanes) is 1. The van der Waals surface area contributed by atoms with E-state index in [1.807, 2.05) is 54.8 Å². The van der Waals surface area contributed by atoms with Gasteiger partial charge in [0.15, 0.2) is 0 Å². The fourth-order valence-corrected chi connectivity index (χ4v) is 6.03. The van der Waals surface area contributed by atoms with Gasteiger partial charge in [-0.05, 0) is 23.4 Å². The third-order valence-electron chi connectivity index (χ3n) is 5.73. The summed E-state index contributed by atoms with van der Waals surface area (Å²) in [5.74, 6) is -0.0990. The van der Waals surface area contributed by atoms with Gasteiger partial charge < -0.3 is 9.64 Å². The van der Waals surface area contributed by atoms with E-state index >= 15 is 0 Å². The maximum atomic E-state index is 13.4. The van der Waals surface area contributed by atoms with Crippen molar-refractivity contribution in [2.45, 2.75) is 32.9 Å². The molecule has 1 aliphatic rings. The molecule has 0 N–H and O–H groups in total. The summed E-state index contributed by atoms with van der Waals surface area (Å²) in [6.07, 6.45) is 1.39. The summed E-state index contributed by atoms with van der Waals surface area (Å²) in [6, 6.07) is 13.8. The number of carbonyl (C=O) groups excluding carboxylic acids is 1. The smallest absolute Gasteiger partial charge is 0.238 e. The Hall–Kier alpha value is -1.78. The molecule has 1 fully saturated rings. The van der Waals surface area contributed by atoms with Crippen LogP contribution in [-0.2, 0) is 32.6 Å². The lowest BCUT2D eigenvalue weighted by Crippen LogP contribution is -2.47. The van der Waals surface area contributed by atoms with E-state index in [1.165, 1.54) is 4.31 Å². The van der Waals surface area contributed by atoms with E-state index in [0.717, 1.165) is 30.0 Å². The van der Waals surface area contributed by atoms with Crippen molar-refractivity contribution in [3.05, 3.63) is 58.3 Å². The minimum Gasteiger partial charge on any atom is -0.379 e. The van der Waals surface area contributed by atoms with Gasteiger partial charge >= 0.3 is 0 Å². The minimum atomic E-state index is -3.52. The summed E-state index contributed by atoms with van der Waals surface area (Å²) >= 11 is 1.60. The van der Waals surface area contributed by atoms with Crippen LogP contribution in [0.3, 0.4) is 0 Å². The van der Waals surface area contributed by atoms with Crippen LogP contribution in [-0.4, -0.2) is 80.1 Å². The van der Waals surface area contributed by atoms with Gasteiger partial charge in [0.25, 0.3) is 0 Å². The fourth-order valence-electron chi connectivity index (χ4n) is 3.73. The van der Waals surface area contributed by atoms with Crippen LogP contribution in [0.1, 0.15) is 30.2 Å². The normalized spacial score (nSPS) is 15.1. The number of morpholine rings is 1. The topological polar surface area (TPSA) is 70.2 Å². The minimum absolute atomic E-state index is 0.0729. The Morgan fingerprint density at radius 2 is 1.85 bits per heavy atom. The number of thiophene rings is 1. The Balaban J connectivity index is 1.73. The van der Waals surface area contributed by atoms with E-state index < -0.39 is 10.0 Å². The number of nitrogens with zero attached hydrogens (tertiary/aromatic N) is 3. The van der Waals surface area contributed by atoms with E-state index in [4.69, 9.17) is 4.74 Å². The molecular weight excluding hydrogens is 458 g/mol. The van der Waals surface area contributed by atoms with Crippen LogP contribution in [0, 0.1) is 0 Å². The summed E-state index contributed by atoms with van der Waals surface area (Å²) in [5.41, 5.74) is 1.02. The second-order valence-corrected chi connectivity index (χ2v) is 11.4. The SMILES string of the molecule is CCCCS(=O)(=O)N(CCN1CCOCC1)CC(=O)N(Cc1ccccc1)Cc1cccs1. The lowest BCUT2D eigenvalue weighted by Gasteiger charge is -2.31. The molecular formula is C24H35N3O4S2. The molecule has 1 saturated heterocycles. The van der Waals surface area contributed by atoms with Crippen molar-refractivity contribution in [3.63, 3.8) is 0 Å².